The predicted molar refractivity (Wildman–Crippen MR) is 107 cm³/mol. The standard InChI is InChI=1S/C22H25N3/c1-24(2)20-11-7-17(8-12-20)22(19-6-5-15-23-16-19)18-9-13-21(14-10-18)25(3)4/h5-16,22H,1-4H3. The lowest BCUT2D eigenvalue weighted by Gasteiger charge is -2.21. The largest absolute Gasteiger partial charge is 0.378 e. The number of nitrogens with zero attached hydrogens (tertiary/aromatic N) is 3. The molecule has 0 N–H and O–H groups in total. The first-order valence-corrected chi connectivity index (χ1v) is 8.51. The number of benzene rings is 2. The molecule has 0 amide bonds. The van der Waals surface area contributed by atoms with Gasteiger partial charge >= 0.3 is 0 Å². The Morgan fingerprint density at radius 3 is 1.48 bits per heavy atom. The molecule has 3 nitrogen and oxygen atoms in total. The van der Waals surface area contributed by atoms with Gasteiger partial charge in [-0.15, -0.1) is 0 Å². The number of rotatable bonds is 5. The molecule has 0 aliphatic carbocycles. The molecule has 128 valence electrons. The van der Waals surface area contributed by atoms with Crippen LogP contribution in [0.1, 0.15) is 22.6 Å². The van der Waals surface area contributed by atoms with Crippen molar-refractivity contribution in [3.05, 3.63) is 89.7 Å². The van der Waals surface area contributed by atoms with E-state index in [0.29, 0.717) is 0 Å². The van der Waals surface area contributed by atoms with Crippen LogP contribution in [0.3, 0.4) is 0 Å². The summed E-state index contributed by atoms with van der Waals surface area (Å²) in [5, 5.41) is 0. The zero-order chi connectivity index (χ0) is 17.8. The summed E-state index contributed by atoms with van der Waals surface area (Å²) in [6.07, 6.45) is 3.79. The smallest absolute Gasteiger partial charge is 0.0361 e. The summed E-state index contributed by atoms with van der Waals surface area (Å²) in [4.78, 5) is 8.57. The van der Waals surface area contributed by atoms with Crippen molar-refractivity contribution in [2.45, 2.75) is 5.92 Å². The van der Waals surface area contributed by atoms with Crippen LogP contribution in [0.2, 0.25) is 0 Å². The van der Waals surface area contributed by atoms with E-state index in [4.69, 9.17) is 0 Å². The minimum Gasteiger partial charge on any atom is -0.378 e. The van der Waals surface area contributed by atoms with Crippen LogP contribution in [0.25, 0.3) is 0 Å². The molecule has 0 spiro atoms. The molecule has 0 saturated heterocycles. The summed E-state index contributed by atoms with van der Waals surface area (Å²) in [7, 11) is 8.25. The fourth-order valence-corrected chi connectivity index (χ4v) is 3.05. The second-order valence-corrected chi connectivity index (χ2v) is 6.69. The SMILES string of the molecule is CN(C)c1ccc(C(c2ccc(N(C)C)cc2)c2cccnc2)cc1. The molecule has 0 aliphatic rings. The molecule has 3 rings (SSSR count). The first kappa shape index (κ1) is 17.0. The van der Waals surface area contributed by atoms with Crippen LogP contribution < -0.4 is 9.80 Å². The average Bonchev–Trinajstić information content (AvgIpc) is 2.64. The van der Waals surface area contributed by atoms with Crippen LogP contribution in [-0.2, 0) is 0 Å². The Morgan fingerprint density at radius 2 is 1.12 bits per heavy atom. The Labute approximate surface area is 150 Å². The molecule has 3 heteroatoms. The average molecular weight is 331 g/mol. The van der Waals surface area contributed by atoms with Gasteiger partial charge in [-0.3, -0.25) is 4.98 Å². The second kappa shape index (κ2) is 7.39. The molecule has 1 heterocycles. The minimum atomic E-state index is 0.182. The highest BCUT2D eigenvalue weighted by molar-refractivity contribution is 5.53. The van der Waals surface area contributed by atoms with E-state index < -0.39 is 0 Å². The van der Waals surface area contributed by atoms with E-state index in [0.717, 1.165) is 0 Å². The van der Waals surface area contributed by atoms with Gasteiger partial charge in [-0.25, -0.2) is 0 Å². The maximum absolute atomic E-state index is 4.33. The third kappa shape index (κ3) is 3.82. The monoisotopic (exact) mass is 331 g/mol. The van der Waals surface area contributed by atoms with Gasteiger partial charge in [0, 0.05) is 57.9 Å². The molecular formula is C22H25N3. The van der Waals surface area contributed by atoms with E-state index in [1.807, 2.05) is 18.5 Å². The Kier molecular flexibility index (Phi) is 5.03. The van der Waals surface area contributed by atoms with Crippen molar-refractivity contribution in [1.82, 2.24) is 4.98 Å². The lowest BCUT2D eigenvalue weighted by atomic mass is 9.86. The van der Waals surface area contributed by atoms with E-state index in [1.54, 1.807) is 0 Å². The van der Waals surface area contributed by atoms with Crippen LogP contribution in [0.5, 0.6) is 0 Å². The Hall–Kier alpha value is -2.81. The van der Waals surface area contributed by atoms with Gasteiger partial charge in [0.25, 0.3) is 0 Å². The summed E-state index contributed by atoms with van der Waals surface area (Å²) < 4.78 is 0. The van der Waals surface area contributed by atoms with Crippen LogP contribution in [0.4, 0.5) is 11.4 Å². The molecule has 0 unspecified atom stereocenters. The second-order valence-electron chi connectivity index (χ2n) is 6.69. The third-order valence-corrected chi connectivity index (χ3v) is 4.50. The van der Waals surface area contributed by atoms with E-state index >= 15 is 0 Å². The van der Waals surface area contributed by atoms with E-state index in [1.165, 1.54) is 28.1 Å². The maximum atomic E-state index is 4.33. The quantitative estimate of drug-likeness (QED) is 0.691. The Morgan fingerprint density at radius 1 is 0.640 bits per heavy atom. The van der Waals surface area contributed by atoms with Crippen LogP contribution in [0, 0.1) is 0 Å². The summed E-state index contributed by atoms with van der Waals surface area (Å²) in [6, 6.07) is 21.7. The summed E-state index contributed by atoms with van der Waals surface area (Å²) in [5.74, 6) is 0.182. The molecule has 25 heavy (non-hydrogen) atoms. The minimum absolute atomic E-state index is 0.182. The zero-order valence-electron chi connectivity index (χ0n) is 15.3. The molecule has 3 aromatic rings. The molecule has 0 saturated carbocycles. The maximum Gasteiger partial charge on any atom is 0.0361 e. The third-order valence-electron chi connectivity index (χ3n) is 4.50. The van der Waals surface area contributed by atoms with Gasteiger partial charge < -0.3 is 9.80 Å². The van der Waals surface area contributed by atoms with Crippen molar-refractivity contribution in [1.29, 1.82) is 0 Å². The summed E-state index contributed by atoms with van der Waals surface area (Å²) >= 11 is 0. The molecule has 0 fully saturated rings. The number of aromatic nitrogens is 1. The fraction of sp³-hybridized carbons (Fsp3) is 0.227. The Balaban J connectivity index is 2.04. The van der Waals surface area contributed by atoms with Gasteiger partial charge in [-0.05, 0) is 47.0 Å². The first-order chi connectivity index (χ1) is 12.1. The van der Waals surface area contributed by atoms with Gasteiger partial charge in [0.1, 0.15) is 0 Å². The highest BCUT2D eigenvalue weighted by atomic mass is 15.1. The van der Waals surface area contributed by atoms with E-state index in [2.05, 4.69) is 97.6 Å². The van der Waals surface area contributed by atoms with Crippen molar-refractivity contribution < 1.29 is 0 Å². The van der Waals surface area contributed by atoms with Gasteiger partial charge in [0.05, 0.1) is 0 Å². The predicted octanol–water partition coefficient (Wildman–Crippen LogP) is 4.39. The van der Waals surface area contributed by atoms with Crippen molar-refractivity contribution in [2.75, 3.05) is 38.0 Å². The normalized spacial score (nSPS) is 10.8. The lowest BCUT2D eigenvalue weighted by molar-refractivity contribution is 0.960. The van der Waals surface area contributed by atoms with Gasteiger partial charge in [0.2, 0.25) is 0 Å². The number of anilines is 2. The molecule has 0 radical (unpaired) electrons. The Bertz CT molecular complexity index is 739. The van der Waals surface area contributed by atoms with Crippen LogP contribution in [-0.4, -0.2) is 33.2 Å². The van der Waals surface area contributed by atoms with E-state index in [-0.39, 0.29) is 5.92 Å². The number of pyridine rings is 1. The van der Waals surface area contributed by atoms with E-state index in [9.17, 15) is 0 Å². The topological polar surface area (TPSA) is 19.4 Å². The number of hydrogen-bond acceptors (Lipinski definition) is 3. The first-order valence-electron chi connectivity index (χ1n) is 8.51. The van der Waals surface area contributed by atoms with Gasteiger partial charge in [-0.2, -0.15) is 0 Å². The van der Waals surface area contributed by atoms with Crippen molar-refractivity contribution in [3.8, 4) is 0 Å². The van der Waals surface area contributed by atoms with Crippen molar-refractivity contribution in [3.63, 3.8) is 0 Å². The molecule has 2 aromatic carbocycles. The van der Waals surface area contributed by atoms with Crippen molar-refractivity contribution in [2.24, 2.45) is 0 Å². The zero-order valence-corrected chi connectivity index (χ0v) is 15.3. The molecule has 1 aromatic heterocycles. The van der Waals surface area contributed by atoms with Crippen LogP contribution >= 0.6 is 0 Å². The highest BCUT2D eigenvalue weighted by Crippen LogP contribution is 2.33. The van der Waals surface area contributed by atoms with Crippen molar-refractivity contribution >= 4 is 11.4 Å². The highest BCUT2D eigenvalue weighted by Gasteiger charge is 2.17. The van der Waals surface area contributed by atoms with Gasteiger partial charge in [-0.1, -0.05) is 30.3 Å². The molecule has 0 atom stereocenters. The number of hydrogen-bond donors (Lipinski definition) is 0. The van der Waals surface area contributed by atoms with Gasteiger partial charge in [0.15, 0.2) is 0 Å². The summed E-state index contributed by atoms with van der Waals surface area (Å²) in [5.41, 5.74) is 6.17. The lowest BCUT2D eigenvalue weighted by Crippen LogP contribution is -2.10. The van der Waals surface area contributed by atoms with Crippen LogP contribution in [0.15, 0.2) is 73.1 Å². The summed E-state index contributed by atoms with van der Waals surface area (Å²) in [6.45, 7) is 0. The molecule has 0 bridgehead atoms. The molecular weight excluding hydrogens is 306 g/mol. The fourth-order valence-electron chi connectivity index (χ4n) is 3.05. The molecule has 0 aliphatic heterocycles.